The highest BCUT2D eigenvalue weighted by Crippen LogP contribution is 2.26. The monoisotopic (exact) mass is 444 g/mol. The van der Waals surface area contributed by atoms with E-state index in [9.17, 15) is 14.7 Å². The molecule has 2 aromatic carbocycles. The Hall–Kier alpha value is -2.80. The van der Waals surface area contributed by atoms with E-state index in [1.165, 1.54) is 0 Å². The van der Waals surface area contributed by atoms with Gasteiger partial charge in [0.2, 0.25) is 0 Å². The molecule has 1 atom stereocenters. The molecule has 3 aromatic rings. The van der Waals surface area contributed by atoms with E-state index in [4.69, 9.17) is 4.74 Å². The van der Waals surface area contributed by atoms with Crippen molar-refractivity contribution < 1.29 is 19.4 Å². The van der Waals surface area contributed by atoms with Crippen LogP contribution in [0.25, 0.3) is 10.9 Å². The predicted molar refractivity (Wildman–Crippen MR) is 111 cm³/mol. The molecule has 0 aliphatic rings. The number of ether oxygens (including phenoxy) is 1. The molecule has 1 aromatic heterocycles. The van der Waals surface area contributed by atoms with E-state index in [1.54, 1.807) is 12.3 Å². The van der Waals surface area contributed by atoms with Crippen LogP contribution in [-0.2, 0) is 22.4 Å². The topological polar surface area (TPSA) is 91.4 Å². The molecule has 0 fully saturated rings. The third kappa shape index (κ3) is 4.72. The Balaban J connectivity index is 1.62. The number of aromatic amines is 1. The molecule has 0 spiro atoms. The summed E-state index contributed by atoms with van der Waals surface area (Å²) >= 11 is 3.42. The maximum atomic E-state index is 12.2. The van der Waals surface area contributed by atoms with Gasteiger partial charge in [-0.2, -0.15) is 0 Å². The van der Waals surface area contributed by atoms with Gasteiger partial charge in [-0.05, 0) is 51.7 Å². The van der Waals surface area contributed by atoms with Gasteiger partial charge in [-0.3, -0.25) is 4.79 Å². The first-order chi connectivity index (χ1) is 13.5. The number of aliphatic carboxylic acids is 1. The van der Waals surface area contributed by atoms with Crippen LogP contribution in [0.4, 0.5) is 0 Å². The highest BCUT2D eigenvalue weighted by Gasteiger charge is 2.22. The van der Waals surface area contributed by atoms with Gasteiger partial charge in [-0.15, -0.1) is 0 Å². The number of H-pyrrole nitrogens is 1. The number of hydrogen-bond acceptors (Lipinski definition) is 3. The SMILES string of the molecule is CCc1ccc(OCC(=O)NC(Cc2c[nH]c3ccccc23)C(=O)O)c(Br)c1. The van der Waals surface area contributed by atoms with Gasteiger partial charge in [0.25, 0.3) is 5.91 Å². The molecule has 1 amide bonds. The molecule has 3 rings (SSSR count). The maximum Gasteiger partial charge on any atom is 0.326 e. The van der Waals surface area contributed by atoms with Crippen LogP contribution >= 0.6 is 15.9 Å². The second kappa shape index (κ2) is 8.93. The standard InChI is InChI=1S/C21H21BrN2O4/c1-2-13-7-8-19(16(22)9-13)28-12-20(25)24-18(21(26)27)10-14-11-23-17-6-4-3-5-15(14)17/h3-9,11,18,23H,2,10,12H2,1H3,(H,24,25)(H,26,27). The van der Waals surface area contributed by atoms with Gasteiger partial charge in [0, 0.05) is 23.5 Å². The fraction of sp³-hybridized carbons (Fsp3) is 0.238. The number of carboxylic acid groups (broad SMARTS) is 1. The molecule has 0 aliphatic carbocycles. The molecule has 1 heterocycles. The van der Waals surface area contributed by atoms with Crippen molar-refractivity contribution in [3.05, 3.63) is 64.3 Å². The van der Waals surface area contributed by atoms with E-state index >= 15 is 0 Å². The van der Waals surface area contributed by atoms with Crippen molar-refractivity contribution in [2.75, 3.05) is 6.61 Å². The quantitative estimate of drug-likeness (QED) is 0.493. The van der Waals surface area contributed by atoms with Crippen LogP contribution in [0.2, 0.25) is 0 Å². The highest BCUT2D eigenvalue weighted by atomic mass is 79.9. The van der Waals surface area contributed by atoms with Crippen LogP contribution < -0.4 is 10.1 Å². The van der Waals surface area contributed by atoms with Gasteiger partial charge in [0.1, 0.15) is 11.8 Å². The van der Waals surface area contributed by atoms with Crippen LogP contribution in [0.3, 0.4) is 0 Å². The van der Waals surface area contributed by atoms with Crippen molar-refractivity contribution in [3.8, 4) is 5.75 Å². The lowest BCUT2D eigenvalue weighted by atomic mass is 10.1. The summed E-state index contributed by atoms with van der Waals surface area (Å²) < 4.78 is 6.28. The van der Waals surface area contributed by atoms with E-state index in [-0.39, 0.29) is 13.0 Å². The first kappa shape index (κ1) is 19.9. The normalized spacial score (nSPS) is 11.9. The number of rotatable bonds is 8. The molecular formula is C21H21BrN2O4. The molecule has 0 aliphatic heterocycles. The Bertz CT molecular complexity index is 999. The number of carbonyl (C=O) groups excluding carboxylic acids is 1. The molecule has 0 saturated heterocycles. The molecule has 0 bridgehead atoms. The number of fused-ring (bicyclic) bond motifs is 1. The molecule has 3 N–H and O–H groups in total. The zero-order valence-electron chi connectivity index (χ0n) is 15.4. The van der Waals surface area contributed by atoms with Crippen molar-refractivity contribution in [2.24, 2.45) is 0 Å². The minimum absolute atomic E-state index is 0.181. The van der Waals surface area contributed by atoms with Gasteiger partial charge in [-0.25, -0.2) is 4.79 Å². The Morgan fingerprint density at radius 1 is 1.25 bits per heavy atom. The van der Waals surface area contributed by atoms with Crippen LogP contribution in [0.1, 0.15) is 18.1 Å². The van der Waals surface area contributed by atoms with Gasteiger partial charge < -0.3 is 20.1 Å². The fourth-order valence-electron chi connectivity index (χ4n) is 2.98. The number of nitrogens with one attached hydrogen (secondary N) is 2. The molecule has 28 heavy (non-hydrogen) atoms. The number of aromatic nitrogens is 1. The summed E-state index contributed by atoms with van der Waals surface area (Å²) in [4.78, 5) is 27.0. The van der Waals surface area contributed by atoms with Gasteiger partial charge >= 0.3 is 5.97 Å². The summed E-state index contributed by atoms with van der Waals surface area (Å²) in [5, 5.41) is 13.0. The van der Waals surface area contributed by atoms with Crippen LogP contribution in [0, 0.1) is 0 Å². The van der Waals surface area contributed by atoms with E-state index in [1.807, 2.05) is 36.4 Å². The van der Waals surface area contributed by atoms with Crippen molar-refractivity contribution >= 4 is 38.7 Å². The van der Waals surface area contributed by atoms with Crippen molar-refractivity contribution in [1.29, 1.82) is 0 Å². The number of aryl methyl sites for hydroxylation is 1. The third-order valence-corrected chi connectivity index (χ3v) is 5.12. The second-order valence-corrected chi connectivity index (χ2v) is 7.28. The second-order valence-electron chi connectivity index (χ2n) is 6.43. The summed E-state index contributed by atoms with van der Waals surface area (Å²) in [5.41, 5.74) is 2.91. The first-order valence-electron chi connectivity index (χ1n) is 8.96. The molecular weight excluding hydrogens is 424 g/mol. The van der Waals surface area contributed by atoms with Crippen molar-refractivity contribution in [1.82, 2.24) is 10.3 Å². The molecule has 0 radical (unpaired) electrons. The molecule has 146 valence electrons. The third-order valence-electron chi connectivity index (χ3n) is 4.50. The number of carbonyl (C=O) groups is 2. The van der Waals surface area contributed by atoms with Gasteiger partial charge in [-0.1, -0.05) is 31.2 Å². The Morgan fingerprint density at radius 3 is 2.75 bits per heavy atom. The van der Waals surface area contributed by atoms with Crippen LogP contribution in [0.15, 0.2) is 53.1 Å². The summed E-state index contributed by atoms with van der Waals surface area (Å²) in [6.45, 7) is 1.79. The minimum atomic E-state index is -1.09. The molecule has 6 nitrogen and oxygen atoms in total. The maximum absolute atomic E-state index is 12.2. The average molecular weight is 445 g/mol. The lowest BCUT2D eigenvalue weighted by Gasteiger charge is -2.15. The lowest BCUT2D eigenvalue weighted by Crippen LogP contribution is -2.44. The van der Waals surface area contributed by atoms with Crippen molar-refractivity contribution in [2.45, 2.75) is 25.8 Å². The highest BCUT2D eigenvalue weighted by molar-refractivity contribution is 9.10. The smallest absolute Gasteiger partial charge is 0.326 e. The Kier molecular flexibility index (Phi) is 6.36. The zero-order valence-corrected chi connectivity index (χ0v) is 17.0. The predicted octanol–water partition coefficient (Wildman–Crippen LogP) is 3.68. The molecule has 7 heteroatoms. The lowest BCUT2D eigenvalue weighted by molar-refractivity contribution is -0.142. The molecule has 0 saturated carbocycles. The number of para-hydroxylation sites is 1. The zero-order chi connectivity index (χ0) is 20.1. The summed E-state index contributed by atoms with van der Waals surface area (Å²) in [6, 6.07) is 12.2. The van der Waals surface area contributed by atoms with Gasteiger partial charge in [0.05, 0.1) is 4.47 Å². The van der Waals surface area contributed by atoms with E-state index < -0.39 is 17.9 Å². The summed E-state index contributed by atoms with van der Waals surface area (Å²) in [7, 11) is 0. The fourth-order valence-corrected chi connectivity index (χ4v) is 3.52. The number of hydrogen-bond donors (Lipinski definition) is 3. The van der Waals surface area contributed by atoms with Crippen LogP contribution in [-0.4, -0.2) is 34.6 Å². The minimum Gasteiger partial charge on any atom is -0.483 e. The van der Waals surface area contributed by atoms with Crippen LogP contribution in [0.5, 0.6) is 5.75 Å². The number of amides is 1. The van der Waals surface area contributed by atoms with Crippen molar-refractivity contribution in [3.63, 3.8) is 0 Å². The van der Waals surface area contributed by atoms with E-state index in [0.29, 0.717) is 5.75 Å². The van der Waals surface area contributed by atoms with E-state index in [0.717, 1.165) is 32.9 Å². The Labute approximate surface area is 171 Å². The summed E-state index contributed by atoms with van der Waals surface area (Å²) in [6.07, 6.45) is 2.85. The molecule has 1 unspecified atom stereocenters. The van der Waals surface area contributed by atoms with E-state index in [2.05, 4.69) is 33.2 Å². The number of benzene rings is 2. The first-order valence-corrected chi connectivity index (χ1v) is 9.75. The number of carboxylic acids is 1. The van der Waals surface area contributed by atoms with Gasteiger partial charge in [0.15, 0.2) is 6.61 Å². The Morgan fingerprint density at radius 2 is 2.04 bits per heavy atom. The largest absolute Gasteiger partial charge is 0.483 e. The number of halogens is 1. The average Bonchev–Trinajstić information content (AvgIpc) is 3.09. The summed E-state index contributed by atoms with van der Waals surface area (Å²) in [5.74, 6) is -1.04.